The van der Waals surface area contributed by atoms with Crippen molar-refractivity contribution in [1.29, 1.82) is 5.26 Å². The number of anilines is 2. The van der Waals surface area contributed by atoms with E-state index in [0.717, 1.165) is 18.2 Å². The average Bonchev–Trinajstić information content (AvgIpc) is 4.17. The molecule has 0 radical (unpaired) electrons. The normalized spacial score (nSPS) is 23.8. The number of hydrogen-bond acceptors (Lipinski definition) is 20. The van der Waals surface area contributed by atoms with Crippen molar-refractivity contribution in [2.45, 2.75) is 172 Å². The van der Waals surface area contributed by atoms with Crippen molar-refractivity contribution in [3.8, 4) is 6.07 Å². The molecule has 30 heteroatoms. The Hall–Kier alpha value is -3.54. The highest BCUT2D eigenvalue weighted by molar-refractivity contribution is 8.07. The van der Waals surface area contributed by atoms with Crippen LogP contribution in [0.1, 0.15) is 95.0 Å². The molecule has 0 bridgehead atoms. The van der Waals surface area contributed by atoms with Gasteiger partial charge in [-0.3, -0.25) is 18.5 Å². The Balaban J connectivity index is 1.33. The molecule has 2 unspecified atom stereocenters. The minimum atomic E-state index is -4.31. The molecule has 0 spiro atoms. The Morgan fingerprint density at radius 1 is 0.910 bits per heavy atom. The van der Waals surface area contributed by atoms with Crippen LogP contribution >= 0.6 is 15.0 Å². The molecule has 23 nitrogen and oxygen atoms in total. The third-order valence-corrected chi connectivity index (χ3v) is 31.8. The number of aliphatic hydroxyl groups is 1. The maximum absolute atomic E-state index is 16.0. The summed E-state index contributed by atoms with van der Waals surface area (Å²) in [7, 11) is -13.9. The number of para-hydroxylation sites is 1. The summed E-state index contributed by atoms with van der Waals surface area (Å²) in [4.78, 5) is 56.5. The number of rotatable bonds is 25. The molecule has 2 aliphatic heterocycles. The van der Waals surface area contributed by atoms with Gasteiger partial charge < -0.3 is 65.7 Å². The van der Waals surface area contributed by atoms with Gasteiger partial charge >= 0.3 is 32.1 Å². The lowest BCUT2D eigenvalue weighted by Gasteiger charge is -2.47. The second-order valence-electron chi connectivity index (χ2n) is 22.2. The molecule has 0 saturated carbocycles. The summed E-state index contributed by atoms with van der Waals surface area (Å²) in [6.07, 6.45) is -5.47. The zero-order chi connectivity index (χ0) is 57.3. The first kappa shape index (κ1) is 62.1. The number of aromatic amines is 1. The van der Waals surface area contributed by atoms with Crippen LogP contribution in [0.25, 0.3) is 22.2 Å². The van der Waals surface area contributed by atoms with Gasteiger partial charge in [-0.15, -0.1) is 0 Å². The molecule has 2 saturated heterocycles. The summed E-state index contributed by atoms with van der Waals surface area (Å²) in [5, 5.41) is 23.5. The Kier molecular flexibility index (Phi) is 19.8. The Bertz CT molecular complexity index is 3020. The van der Waals surface area contributed by atoms with Crippen LogP contribution in [0.4, 0.5) is 15.9 Å². The maximum Gasteiger partial charge on any atom is 0.335 e. The fourth-order valence-electron chi connectivity index (χ4n) is 9.52. The van der Waals surface area contributed by atoms with Gasteiger partial charge in [0.15, 0.2) is 49.2 Å². The molecular formula is C48H74FN9O14P2SSi3. The predicted octanol–water partition coefficient (Wildman–Crippen LogP) is 8.87. The number of benzene rings is 1. The number of nitriles is 1. The highest BCUT2D eigenvalue weighted by atomic mass is 32.5. The lowest BCUT2D eigenvalue weighted by Crippen LogP contribution is -2.62. The first-order chi connectivity index (χ1) is 36.6. The van der Waals surface area contributed by atoms with Crippen molar-refractivity contribution in [2.24, 2.45) is 0 Å². The van der Waals surface area contributed by atoms with E-state index in [1.165, 1.54) is 17.2 Å². The zero-order valence-electron chi connectivity index (χ0n) is 46.1. The van der Waals surface area contributed by atoms with E-state index in [1.54, 1.807) is 4.57 Å². The Morgan fingerprint density at radius 3 is 2.17 bits per heavy atom. The van der Waals surface area contributed by atoms with E-state index in [9.17, 15) is 29.4 Å². The Morgan fingerprint density at radius 2 is 1.56 bits per heavy atom. The van der Waals surface area contributed by atoms with Gasteiger partial charge in [-0.2, -0.15) is 5.26 Å². The maximum atomic E-state index is 16.0. The standard InChI is InChI=1S/C48H74FN9O14P2SSi3/c1-28(2)77(63,29(3)4)72-78(30(5)6,31(7)8)71-39-34(23-59)66-46(57-22-33(49)36-43(57)52-26-54-45(36)60)40(39)69-74(75,64-21-17-20-50)65-24-35-38(68-73(61)62)41(70-76(12,13)48(9,10)11)47(67-35)58-27-55-37-42(51-25-53-44(37)58)56-32-18-15-14-16-19-32/h14-16,18-19,22,25-31,34-35,38-41,46-47,59,63,73H,17,21,23-24H2,1-13H3,(H,61,62)(H,51,53,56)(H,52,54,60)/t34-,35-,38-,39-,40-,41-,46-,47-,74?/m1/s1. The highest BCUT2D eigenvalue weighted by Gasteiger charge is 2.60. The van der Waals surface area contributed by atoms with Gasteiger partial charge in [0.1, 0.15) is 48.3 Å². The zero-order valence-corrected chi connectivity index (χ0v) is 51.9. The third kappa shape index (κ3) is 12.9. The predicted molar refractivity (Wildman–Crippen MR) is 300 cm³/mol. The van der Waals surface area contributed by atoms with Crippen LogP contribution in [-0.4, -0.2) is 131 Å². The average molecular weight is 1200 g/mol. The van der Waals surface area contributed by atoms with Gasteiger partial charge in [0.25, 0.3) is 5.56 Å². The fraction of sp³-hybridized carbons (Fsp3) is 0.625. The Labute approximate surface area is 462 Å². The number of ether oxygens (including phenoxy) is 2. The first-order valence-corrected chi connectivity index (χ1v) is 36.6. The summed E-state index contributed by atoms with van der Waals surface area (Å²) in [5.74, 6) is -0.541. The van der Waals surface area contributed by atoms with Gasteiger partial charge in [0.2, 0.25) is 0 Å². The molecule has 78 heavy (non-hydrogen) atoms. The summed E-state index contributed by atoms with van der Waals surface area (Å²) in [6.45, 7) is 19.6. The lowest BCUT2D eigenvalue weighted by molar-refractivity contribution is -0.0575. The van der Waals surface area contributed by atoms with E-state index in [-0.39, 0.29) is 51.3 Å². The lowest BCUT2D eigenvalue weighted by atomic mass is 10.1. The molecule has 10 atom stereocenters. The van der Waals surface area contributed by atoms with Crippen molar-refractivity contribution >= 4 is 85.9 Å². The number of nitrogens with zero attached hydrogens (tertiary/aromatic N) is 7. The number of aliphatic hydroxyl groups excluding tert-OH is 1. The van der Waals surface area contributed by atoms with Crippen LogP contribution in [0.5, 0.6) is 0 Å². The molecule has 7 rings (SSSR count). The van der Waals surface area contributed by atoms with E-state index < -0.39 is 114 Å². The second-order valence-corrected chi connectivity index (χ2v) is 39.3. The quantitative estimate of drug-likeness (QED) is 0.0207. The molecular weight excluding hydrogens is 1120 g/mol. The van der Waals surface area contributed by atoms with E-state index in [4.69, 9.17) is 52.3 Å². The number of aromatic nitrogens is 7. The van der Waals surface area contributed by atoms with Crippen LogP contribution in [0.2, 0.25) is 40.3 Å². The smallest absolute Gasteiger partial charge is 0.335 e. The van der Waals surface area contributed by atoms with Crippen LogP contribution in [0, 0.1) is 17.1 Å². The van der Waals surface area contributed by atoms with Crippen molar-refractivity contribution in [2.75, 3.05) is 25.1 Å². The molecule has 6 heterocycles. The van der Waals surface area contributed by atoms with Crippen molar-refractivity contribution in [3.05, 3.63) is 71.7 Å². The number of fused-ring (bicyclic) bond motifs is 2. The van der Waals surface area contributed by atoms with E-state index in [1.807, 2.05) is 126 Å². The van der Waals surface area contributed by atoms with Crippen molar-refractivity contribution in [3.63, 3.8) is 0 Å². The second kappa shape index (κ2) is 24.9. The van der Waals surface area contributed by atoms with Crippen LogP contribution < -0.4 is 10.9 Å². The topological polar surface area (TPSA) is 291 Å². The number of halogens is 1. The molecule has 4 aromatic heterocycles. The molecule has 0 amide bonds. The summed E-state index contributed by atoms with van der Waals surface area (Å²) >= 11 is 6.26. The largest absolute Gasteiger partial charge is 0.414 e. The molecule has 2 aliphatic rings. The molecule has 430 valence electrons. The number of hydrogen-bond donors (Lipinski definition) is 5. The van der Waals surface area contributed by atoms with Gasteiger partial charge in [-0.1, -0.05) is 94.4 Å². The third-order valence-electron chi connectivity index (χ3n) is 14.8. The first-order valence-electron chi connectivity index (χ1n) is 25.9. The molecule has 5 aromatic rings. The summed E-state index contributed by atoms with van der Waals surface area (Å²) in [6, 6.07) is 11.4. The van der Waals surface area contributed by atoms with Crippen molar-refractivity contribution < 1.29 is 64.3 Å². The number of nitrogens with one attached hydrogen (secondary N) is 2. The molecule has 0 aliphatic carbocycles. The van der Waals surface area contributed by atoms with Crippen LogP contribution in [0.3, 0.4) is 0 Å². The van der Waals surface area contributed by atoms with E-state index >= 15 is 4.39 Å². The molecule has 2 fully saturated rings. The van der Waals surface area contributed by atoms with Crippen LogP contribution in [-0.2, 0) is 56.9 Å². The van der Waals surface area contributed by atoms with Gasteiger partial charge in [0.05, 0.1) is 45.0 Å². The SMILES string of the molecule is CC(C)[Si](O)(O[Si](O[C@H]1[C@@H](OP(=S)(OCCC#N)OC[C@H]2O[C@@H](n3cnc4c(Nc5ccccc5)ncnc43)[C@H](O[Si](C)(C)C(C)(C)C)[C@@H]2O[PH](=O)O)[C@H](n2cc(F)c3c(=O)[nH]cnc32)O[C@@H]1CO)(C(C)C)C(C)C)C(C)C. The number of H-pyrrole nitrogens is 1. The van der Waals surface area contributed by atoms with E-state index in [0.29, 0.717) is 17.0 Å². The minimum Gasteiger partial charge on any atom is -0.414 e. The monoisotopic (exact) mass is 1200 g/mol. The molecule has 1 aromatic carbocycles. The fourth-order valence-corrected chi connectivity index (χ4v) is 23.3. The highest BCUT2D eigenvalue weighted by Crippen LogP contribution is 2.57. The van der Waals surface area contributed by atoms with Crippen LogP contribution in [0.15, 0.2) is 60.3 Å². The van der Waals surface area contributed by atoms with Gasteiger partial charge in [-0.25, -0.2) is 24.3 Å². The van der Waals surface area contributed by atoms with Gasteiger partial charge in [0, 0.05) is 11.9 Å². The number of imidazole rings is 1. The van der Waals surface area contributed by atoms with Gasteiger partial charge in [-0.05, 0) is 64.2 Å². The summed E-state index contributed by atoms with van der Waals surface area (Å²) < 4.78 is 92.4. The minimum absolute atomic E-state index is 0.140. The van der Waals surface area contributed by atoms with Crippen molar-refractivity contribution in [1.82, 2.24) is 34.1 Å². The van der Waals surface area contributed by atoms with E-state index in [2.05, 4.69) is 30.2 Å². The summed E-state index contributed by atoms with van der Waals surface area (Å²) in [5.41, 5.74) is -0.668. The molecule has 5 N–H and O–H groups in total.